The Kier molecular flexibility index (Phi) is 2.38. The SMILES string of the molecule is O=C(O)C1CCC(C(F)F)O1. The number of rotatable bonds is 2. The van der Waals surface area contributed by atoms with Crippen LogP contribution in [0.4, 0.5) is 8.78 Å². The van der Waals surface area contributed by atoms with Crippen LogP contribution < -0.4 is 0 Å². The van der Waals surface area contributed by atoms with Crippen LogP contribution in [0, 0.1) is 0 Å². The van der Waals surface area contributed by atoms with E-state index < -0.39 is 24.6 Å². The van der Waals surface area contributed by atoms with E-state index in [0.717, 1.165) is 0 Å². The summed E-state index contributed by atoms with van der Waals surface area (Å²) in [6.07, 6.45) is -4.47. The predicted molar refractivity (Wildman–Crippen MR) is 31.5 cm³/mol. The summed E-state index contributed by atoms with van der Waals surface area (Å²) in [4.78, 5) is 10.2. The number of hydrogen-bond acceptors (Lipinski definition) is 2. The first kappa shape index (κ1) is 8.39. The zero-order valence-corrected chi connectivity index (χ0v) is 5.67. The lowest BCUT2D eigenvalue weighted by atomic mass is 10.2. The van der Waals surface area contributed by atoms with Crippen molar-refractivity contribution in [3.63, 3.8) is 0 Å². The highest BCUT2D eigenvalue weighted by Crippen LogP contribution is 2.24. The van der Waals surface area contributed by atoms with Gasteiger partial charge in [-0.15, -0.1) is 0 Å². The highest BCUT2D eigenvalue weighted by molar-refractivity contribution is 5.72. The van der Waals surface area contributed by atoms with E-state index in [2.05, 4.69) is 4.74 Å². The van der Waals surface area contributed by atoms with Gasteiger partial charge in [0.15, 0.2) is 6.10 Å². The lowest BCUT2D eigenvalue weighted by Gasteiger charge is -2.08. The van der Waals surface area contributed by atoms with Crippen molar-refractivity contribution in [1.82, 2.24) is 0 Å². The molecule has 1 fully saturated rings. The summed E-state index contributed by atoms with van der Waals surface area (Å²) in [5, 5.41) is 8.34. The maximum atomic E-state index is 11.9. The molecule has 0 spiro atoms. The van der Waals surface area contributed by atoms with Crippen LogP contribution in [0.1, 0.15) is 12.8 Å². The fourth-order valence-corrected chi connectivity index (χ4v) is 1.03. The van der Waals surface area contributed by atoms with Gasteiger partial charge in [0.1, 0.15) is 6.10 Å². The summed E-state index contributed by atoms with van der Waals surface area (Å²) in [5.74, 6) is -1.16. The summed E-state index contributed by atoms with van der Waals surface area (Å²) in [6.45, 7) is 0. The number of ether oxygens (including phenoxy) is 1. The summed E-state index contributed by atoms with van der Waals surface area (Å²) >= 11 is 0. The zero-order valence-electron chi connectivity index (χ0n) is 5.67. The number of carboxylic acid groups (broad SMARTS) is 1. The maximum Gasteiger partial charge on any atom is 0.332 e. The molecule has 0 aliphatic carbocycles. The van der Waals surface area contributed by atoms with Gasteiger partial charge in [-0.05, 0) is 12.8 Å². The molecule has 2 unspecified atom stereocenters. The zero-order chi connectivity index (χ0) is 8.43. The first-order valence-electron chi connectivity index (χ1n) is 3.27. The molecule has 1 rings (SSSR count). The van der Waals surface area contributed by atoms with Gasteiger partial charge in [-0.2, -0.15) is 0 Å². The summed E-state index contributed by atoms with van der Waals surface area (Å²) in [5.41, 5.74) is 0. The molecule has 0 aromatic heterocycles. The van der Waals surface area contributed by atoms with Crippen molar-refractivity contribution in [2.24, 2.45) is 0 Å². The lowest BCUT2D eigenvalue weighted by molar-refractivity contribution is -0.152. The van der Waals surface area contributed by atoms with Crippen LogP contribution in [0.5, 0.6) is 0 Å². The lowest BCUT2D eigenvalue weighted by Crippen LogP contribution is -2.23. The molecule has 5 heteroatoms. The van der Waals surface area contributed by atoms with Crippen molar-refractivity contribution in [2.75, 3.05) is 0 Å². The summed E-state index contributed by atoms with van der Waals surface area (Å²) < 4.78 is 28.3. The number of halogens is 2. The minimum atomic E-state index is -2.57. The average molecular weight is 166 g/mol. The molecule has 11 heavy (non-hydrogen) atoms. The Labute approximate surface area is 62.0 Å². The van der Waals surface area contributed by atoms with Gasteiger partial charge in [0.2, 0.25) is 0 Å². The Morgan fingerprint density at radius 1 is 1.55 bits per heavy atom. The monoisotopic (exact) mass is 166 g/mol. The third-order valence-corrected chi connectivity index (χ3v) is 1.61. The minimum Gasteiger partial charge on any atom is -0.479 e. The second kappa shape index (κ2) is 3.13. The third kappa shape index (κ3) is 1.86. The molecule has 3 nitrogen and oxygen atoms in total. The van der Waals surface area contributed by atoms with E-state index >= 15 is 0 Å². The number of alkyl halides is 2. The number of aliphatic carboxylic acids is 1. The van der Waals surface area contributed by atoms with E-state index in [1.54, 1.807) is 0 Å². The third-order valence-electron chi connectivity index (χ3n) is 1.61. The number of carbonyl (C=O) groups is 1. The van der Waals surface area contributed by atoms with Crippen LogP contribution in [0.15, 0.2) is 0 Å². The Morgan fingerprint density at radius 3 is 2.45 bits per heavy atom. The van der Waals surface area contributed by atoms with Crippen LogP contribution in [-0.2, 0) is 9.53 Å². The van der Waals surface area contributed by atoms with Crippen molar-refractivity contribution in [2.45, 2.75) is 31.5 Å². The first-order valence-corrected chi connectivity index (χ1v) is 3.27. The quantitative estimate of drug-likeness (QED) is 0.662. The first-order chi connectivity index (χ1) is 5.11. The second-order valence-corrected chi connectivity index (χ2v) is 2.41. The van der Waals surface area contributed by atoms with E-state index in [1.165, 1.54) is 0 Å². The molecule has 64 valence electrons. The van der Waals surface area contributed by atoms with Gasteiger partial charge < -0.3 is 9.84 Å². The number of carboxylic acids is 1. The largest absolute Gasteiger partial charge is 0.479 e. The van der Waals surface area contributed by atoms with Crippen molar-refractivity contribution in [3.8, 4) is 0 Å². The summed E-state index contributed by atoms with van der Waals surface area (Å²) in [6, 6.07) is 0. The molecule has 2 atom stereocenters. The topological polar surface area (TPSA) is 46.5 Å². The smallest absolute Gasteiger partial charge is 0.332 e. The fourth-order valence-electron chi connectivity index (χ4n) is 1.03. The van der Waals surface area contributed by atoms with E-state index in [1.807, 2.05) is 0 Å². The molecule has 0 bridgehead atoms. The average Bonchev–Trinajstić information content (AvgIpc) is 2.33. The van der Waals surface area contributed by atoms with Crippen molar-refractivity contribution in [1.29, 1.82) is 0 Å². The van der Waals surface area contributed by atoms with E-state index in [4.69, 9.17) is 5.11 Å². The Morgan fingerprint density at radius 2 is 2.18 bits per heavy atom. The molecular weight excluding hydrogens is 158 g/mol. The Bertz CT molecular complexity index is 160. The van der Waals surface area contributed by atoms with Crippen molar-refractivity contribution in [3.05, 3.63) is 0 Å². The molecule has 0 saturated carbocycles. The van der Waals surface area contributed by atoms with Gasteiger partial charge >= 0.3 is 5.97 Å². The van der Waals surface area contributed by atoms with Gasteiger partial charge in [0.25, 0.3) is 6.43 Å². The molecule has 1 N–H and O–H groups in total. The summed E-state index contributed by atoms with van der Waals surface area (Å²) in [7, 11) is 0. The van der Waals surface area contributed by atoms with Gasteiger partial charge in [0, 0.05) is 0 Å². The Balaban J connectivity index is 2.41. The van der Waals surface area contributed by atoms with Crippen LogP contribution in [0.25, 0.3) is 0 Å². The molecule has 0 radical (unpaired) electrons. The van der Waals surface area contributed by atoms with Crippen LogP contribution in [0.2, 0.25) is 0 Å². The minimum absolute atomic E-state index is 0.134. The van der Waals surface area contributed by atoms with E-state index in [0.29, 0.717) is 0 Å². The molecule has 0 aromatic carbocycles. The van der Waals surface area contributed by atoms with Gasteiger partial charge in [-0.1, -0.05) is 0 Å². The van der Waals surface area contributed by atoms with Gasteiger partial charge in [0.05, 0.1) is 0 Å². The molecule has 1 aliphatic rings. The molecular formula is C6H8F2O3. The van der Waals surface area contributed by atoms with Crippen LogP contribution in [-0.4, -0.2) is 29.7 Å². The fraction of sp³-hybridized carbons (Fsp3) is 0.833. The van der Waals surface area contributed by atoms with Gasteiger partial charge in [-0.25, -0.2) is 13.6 Å². The van der Waals surface area contributed by atoms with E-state index in [9.17, 15) is 13.6 Å². The maximum absolute atomic E-state index is 11.9. The second-order valence-electron chi connectivity index (χ2n) is 2.41. The highest BCUT2D eigenvalue weighted by Gasteiger charge is 2.35. The van der Waals surface area contributed by atoms with Crippen LogP contribution in [0.3, 0.4) is 0 Å². The van der Waals surface area contributed by atoms with Crippen molar-refractivity contribution >= 4 is 5.97 Å². The van der Waals surface area contributed by atoms with Crippen LogP contribution >= 0.6 is 0 Å². The van der Waals surface area contributed by atoms with E-state index in [-0.39, 0.29) is 12.8 Å². The highest BCUT2D eigenvalue weighted by atomic mass is 19.3. The molecule has 1 aliphatic heterocycles. The van der Waals surface area contributed by atoms with Gasteiger partial charge in [-0.3, -0.25) is 0 Å². The number of hydrogen-bond donors (Lipinski definition) is 1. The molecule has 1 saturated heterocycles. The molecule has 0 aromatic rings. The predicted octanol–water partition coefficient (Wildman–Crippen LogP) is 0.884. The van der Waals surface area contributed by atoms with Crippen molar-refractivity contribution < 1.29 is 23.4 Å². The standard InChI is InChI=1S/C6H8F2O3/c7-5(8)3-1-2-4(11-3)6(9)10/h3-5H,1-2H2,(H,9,10). The molecule has 1 heterocycles. The molecule has 0 amide bonds. The Hall–Kier alpha value is -0.710. The normalized spacial score (nSPS) is 31.2.